The first-order valence-corrected chi connectivity index (χ1v) is 6.38. The Hall–Kier alpha value is -2.78. The number of aromatic nitrogens is 3. The normalized spacial score (nSPS) is 9.57. The summed E-state index contributed by atoms with van der Waals surface area (Å²) < 4.78 is 0. The number of pyridine rings is 1. The van der Waals surface area contributed by atoms with Gasteiger partial charge in [0.2, 0.25) is 0 Å². The van der Waals surface area contributed by atoms with Crippen molar-refractivity contribution in [3.63, 3.8) is 0 Å². The van der Waals surface area contributed by atoms with E-state index in [-0.39, 0.29) is 12.5 Å². The van der Waals surface area contributed by atoms with Crippen molar-refractivity contribution < 1.29 is 9.90 Å². The van der Waals surface area contributed by atoms with Crippen LogP contribution in [0.4, 0.5) is 0 Å². The molecule has 2 N–H and O–H groups in total. The largest absolute Gasteiger partial charge is 0.395 e. The molecule has 0 aromatic carbocycles. The summed E-state index contributed by atoms with van der Waals surface area (Å²) in [5.41, 5.74) is 1.75. The third-order valence-electron chi connectivity index (χ3n) is 2.54. The molecule has 0 saturated carbocycles. The van der Waals surface area contributed by atoms with Crippen LogP contribution in [0.15, 0.2) is 36.9 Å². The molecular formula is C15H14N4O2. The molecule has 0 saturated heterocycles. The van der Waals surface area contributed by atoms with Gasteiger partial charge < -0.3 is 10.4 Å². The number of aliphatic hydroxyl groups is 1. The van der Waals surface area contributed by atoms with Gasteiger partial charge in [-0.05, 0) is 18.2 Å². The summed E-state index contributed by atoms with van der Waals surface area (Å²) in [7, 11) is 0. The van der Waals surface area contributed by atoms with Crippen molar-refractivity contribution in [3.05, 3.63) is 53.9 Å². The lowest BCUT2D eigenvalue weighted by molar-refractivity contribution is 0.0945. The van der Waals surface area contributed by atoms with Gasteiger partial charge in [0.05, 0.1) is 18.8 Å². The molecule has 0 atom stereocenters. The number of hydrogen-bond acceptors (Lipinski definition) is 5. The van der Waals surface area contributed by atoms with Crippen LogP contribution < -0.4 is 5.32 Å². The van der Waals surface area contributed by atoms with Crippen molar-refractivity contribution in [2.75, 3.05) is 6.61 Å². The second kappa shape index (κ2) is 7.72. The van der Waals surface area contributed by atoms with E-state index in [1.165, 1.54) is 12.5 Å². The lowest BCUT2D eigenvalue weighted by Crippen LogP contribution is -2.24. The maximum Gasteiger partial charge on any atom is 0.270 e. The van der Waals surface area contributed by atoms with E-state index in [0.717, 1.165) is 5.69 Å². The summed E-state index contributed by atoms with van der Waals surface area (Å²) in [5.74, 6) is 5.37. The standard InChI is InChI=1S/C15H14N4O2/c20-8-2-1-3-12-4-5-14(17-9-12)15(21)18-10-13-6-7-16-11-19-13/h4-7,9,11,20H,2,8,10H2,(H,18,21). The van der Waals surface area contributed by atoms with Crippen LogP contribution in [0.1, 0.15) is 28.2 Å². The molecular weight excluding hydrogens is 268 g/mol. The van der Waals surface area contributed by atoms with E-state index < -0.39 is 0 Å². The SMILES string of the molecule is O=C(NCc1ccncn1)c1ccc(C#CCCO)cn1. The summed E-state index contributed by atoms with van der Waals surface area (Å²) in [5, 5.41) is 11.4. The van der Waals surface area contributed by atoms with Crippen LogP contribution >= 0.6 is 0 Å². The maximum atomic E-state index is 11.9. The molecule has 0 aliphatic heterocycles. The van der Waals surface area contributed by atoms with Gasteiger partial charge >= 0.3 is 0 Å². The Bertz CT molecular complexity index is 645. The zero-order chi connectivity index (χ0) is 14.9. The van der Waals surface area contributed by atoms with E-state index in [9.17, 15) is 4.79 Å². The van der Waals surface area contributed by atoms with Gasteiger partial charge in [-0.1, -0.05) is 11.8 Å². The second-order valence-corrected chi connectivity index (χ2v) is 4.09. The maximum absolute atomic E-state index is 11.9. The number of rotatable bonds is 4. The number of amides is 1. The van der Waals surface area contributed by atoms with Gasteiger partial charge in [0.15, 0.2) is 0 Å². The minimum atomic E-state index is -0.275. The summed E-state index contributed by atoms with van der Waals surface area (Å²) in [6, 6.07) is 5.06. The fourth-order valence-electron chi connectivity index (χ4n) is 1.51. The van der Waals surface area contributed by atoms with Crippen molar-refractivity contribution in [1.29, 1.82) is 0 Å². The minimum absolute atomic E-state index is 0.0317. The van der Waals surface area contributed by atoms with E-state index in [0.29, 0.717) is 24.2 Å². The molecule has 0 spiro atoms. The van der Waals surface area contributed by atoms with Crippen molar-refractivity contribution in [1.82, 2.24) is 20.3 Å². The zero-order valence-corrected chi connectivity index (χ0v) is 11.3. The summed E-state index contributed by atoms with van der Waals surface area (Å²) in [4.78, 5) is 23.8. The summed E-state index contributed by atoms with van der Waals surface area (Å²) in [6.07, 6.45) is 5.00. The fraction of sp³-hybridized carbons (Fsp3) is 0.200. The third-order valence-corrected chi connectivity index (χ3v) is 2.54. The topological polar surface area (TPSA) is 88.0 Å². The minimum Gasteiger partial charge on any atom is -0.395 e. The molecule has 2 heterocycles. The number of nitrogens with zero attached hydrogens (tertiary/aromatic N) is 3. The molecule has 1 amide bonds. The Morgan fingerprint density at radius 3 is 2.86 bits per heavy atom. The number of carbonyl (C=O) groups excluding carboxylic acids is 1. The lowest BCUT2D eigenvalue weighted by atomic mass is 10.2. The monoisotopic (exact) mass is 282 g/mol. The molecule has 0 unspecified atom stereocenters. The van der Waals surface area contributed by atoms with Crippen LogP contribution in [0.2, 0.25) is 0 Å². The highest BCUT2D eigenvalue weighted by molar-refractivity contribution is 5.92. The quantitative estimate of drug-likeness (QED) is 0.799. The zero-order valence-electron chi connectivity index (χ0n) is 11.3. The van der Waals surface area contributed by atoms with Gasteiger partial charge in [-0.3, -0.25) is 4.79 Å². The second-order valence-electron chi connectivity index (χ2n) is 4.09. The van der Waals surface area contributed by atoms with E-state index in [1.807, 2.05) is 0 Å². The highest BCUT2D eigenvalue weighted by atomic mass is 16.2. The van der Waals surface area contributed by atoms with E-state index in [2.05, 4.69) is 32.1 Å². The predicted molar refractivity (Wildman–Crippen MR) is 76.0 cm³/mol. The first-order chi connectivity index (χ1) is 10.3. The van der Waals surface area contributed by atoms with Crippen LogP contribution in [-0.2, 0) is 6.54 Å². The molecule has 2 aromatic rings. The highest BCUT2D eigenvalue weighted by Gasteiger charge is 2.06. The smallest absolute Gasteiger partial charge is 0.270 e. The molecule has 21 heavy (non-hydrogen) atoms. The van der Waals surface area contributed by atoms with Gasteiger partial charge in [0.25, 0.3) is 5.91 Å². The molecule has 106 valence electrons. The van der Waals surface area contributed by atoms with Crippen LogP contribution in [0.3, 0.4) is 0 Å². The Morgan fingerprint density at radius 2 is 2.19 bits per heavy atom. The Balaban J connectivity index is 1.92. The third kappa shape index (κ3) is 4.67. The Morgan fingerprint density at radius 1 is 1.29 bits per heavy atom. The molecule has 2 aromatic heterocycles. The van der Waals surface area contributed by atoms with Gasteiger partial charge in [-0.2, -0.15) is 0 Å². The van der Waals surface area contributed by atoms with Gasteiger partial charge in [-0.25, -0.2) is 15.0 Å². The van der Waals surface area contributed by atoms with E-state index in [1.54, 1.807) is 24.4 Å². The average molecular weight is 282 g/mol. The van der Waals surface area contributed by atoms with E-state index >= 15 is 0 Å². The van der Waals surface area contributed by atoms with Crippen LogP contribution in [0.25, 0.3) is 0 Å². The van der Waals surface area contributed by atoms with E-state index in [4.69, 9.17) is 5.11 Å². The average Bonchev–Trinajstić information content (AvgIpc) is 2.54. The summed E-state index contributed by atoms with van der Waals surface area (Å²) in [6.45, 7) is 0.352. The lowest BCUT2D eigenvalue weighted by Gasteiger charge is -2.03. The van der Waals surface area contributed by atoms with Crippen molar-refractivity contribution in [2.24, 2.45) is 0 Å². The molecule has 0 aliphatic rings. The van der Waals surface area contributed by atoms with Gasteiger partial charge in [-0.15, -0.1) is 0 Å². The molecule has 6 heteroatoms. The van der Waals surface area contributed by atoms with Crippen LogP contribution in [-0.4, -0.2) is 32.6 Å². The predicted octanol–water partition coefficient (Wildman–Crippen LogP) is 0.535. The molecule has 6 nitrogen and oxygen atoms in total. The number of aliphatic hydroxyl groups excluding tert-OH is 1. The first-order valence-electron chi connectivity index (χ1n) is 6.38. The van der Waals surface area contributed by atoms with Crippen LogP contribution in [0.5, 0.6) is 0 Å². The first kappa shape index (κ1) is 14.6. The van der Waals surface area contributed by atoms with Crippen molar-refractivity contribution in [2.45, 2.75) is 13.0 Å². The highest BCUT2D eigenvalue weighted by Crippen LogP contribution is 2.00. The number of carbonyl (C=O) groups is 1. The van der Waals surface area contributed by atoms with Crippen molar-refractivity contribution in [3.8, 4) is 11.8 Å². The number of hydrogen-bond donors (Lipinski definition) is 2. The van der Waals surface area contributed by atoms with Crippen LogP contribution in [0, 0.1) is 11.8 Å². The van der Waals surface area contributed by atoms with Gasteiger partial charge in [0, 0.05) is 24.4 Å². The Labute approximate surface area is 122 Å². The van der Waals surface area contributed by atoms with Crippen molar-refractivity contribution >= 4 is 5.91 Å². The Kier molecular flexibility index (Phi) is 5.38. The molecule has 0 aliphatic carbocycles. The molecule has 0 bridgehead atoms. The molecule has 2 rings (SSSR count). The number of nitrogens with one attached hydrogen (secondary N) is 1. The fourth-order valence-corrected chi connectivity index (χ4v) is 1.51. The van der Waals surface area contributed by atoms with Gasteiger partial charge in [0.1, 0.15) is 12.0 Å². The molecule has 0 radical (unpaired) electrons. The summed E-state index contributed by atoms with van der Waals surface area (Å²) >= 11 is 0. The molecule has 0 fully saturated rings.